The number of hydrogen-bond donors (Lipinski definition) is 0. The summed E-state index contributed by atoms with van der Waals surface area (Å²) in [6, 6.07) is 17.3. The maximum absolute atomic E-state index is 11.2. The molecule has 6 heteroatoms. The van der Waals surface area contributed by atoms with E-state index in [-0.39, 0.29) is 16.7 Å². The van der Waals surface area contributed by atoms with Crippen LogP contribution >= 0.6 is 11.3 Å². The predicted molar refractivity (Wildman–Crippen MR) is 105 cm³/mol. The third-order valence-electron chi connectivity index (χ3n) is 4.35. The minimum atomic E-state index is -0.386. The van der Waals surface area contributed by atoms with Gasteiger partial charge in [-0.05, 0) is 38.3 Å². The Balaban J connectivity index is 1.90. The first-order valence-corrected chi connectivity index (χ1v) is 9.43. The van der Waals surface area contributed by atoms with Crippen molar-refractivity contribution in [2.45, 2.75) is 32.7 Å². The van der Waals surface area contributed by atoms with Crippen LogP contribution in [-0.4, -0.2) is 9.49 Å². The number of nitro groups is 1. The summed E-state index contributed by atoms with van der Waals surface area (Å²) in [6.45, 7) is 4.22. The third-order valence-corrected chi connectivity index (χ3v) is 5.31. The number of aromatic nitrogens is 1. The van der Waals surface area contributed by atoms with Gasteiger partial charge in [0.1, 0.15) is 5.69 Å². The molecule has 0 aliphatic carbocycles. The fourth-order valence-electron chi connectivity index (χ4n) is 2.98. The molecule has 0 saturated carbocycles. The van der Waals surface area contributed by atoms with Crippen molar-refractivity contribution in [1.82, 2.24) is 4.57 Å². The Morgan fingerprint density at radius 1 is 1.15 bits per heavy atom. The van der Waals surface area contributed by atoms with Crippen LogP contribution in [-0.2, 0) is 6.42 Å². The first kappa shape index (κ1) is 18.1. The van der Waals surface area contributed by atoms with Crippen molar-refractivity contribution >= 4 is 22.7 Å². The van der Waals surface area contributed by atoms with E-state index < -0.39 is 0 Å². The van der Waals surface area contributed by atoms with E-state index in [0.29, 0.717) is 5.69 Å². The molecule has 0 bridgehead atoms. The van der Waals surface area contributed by atoms with Crippen LogP contribution in [0, 0.1) is 17.0 Å². The molecule has 134 valence electrons. The van der Waals surface area contributed by atoms with E-state index in [1.807, 2.05) is 18.4 Å². The SMILES string of the molecule is Cc1csc(=Nc2ccccc2[N+](=O)[O-])n1C(C)CCc1ccccc1. The Bertz CT molecular complexity index is 960. The summed E-state index contributed by atoms with van der Waals surface area (Å²) in [5, 5.41) is 13.3. The monoisotopic (exact) mass is 367 g/mol. The van der Waals surface area contributed by atoms with Crippen molar-refractivity contribution in [2.24, 2.45) is 4.99 Å². The summed E-state index contributed by atoms with van der Waals surface area (Å²) in [5.74, 6) is 0. The Kier molecular flexibility index (Phi) is 5.63. The number of para-hydroxylation sites is 2. The van der Waals surface area contributed by atoms with E-state index in [1.165, 1.54) is 23.0 Å². The van der Waals surface area contributed by atoms with E-state index in [2.05, 4.69) is 40.7 Å². The van der Waals surface area contributed by atoms with Crippen molar-refractivity contribution in [1.29, 1.82) is 0 Å². The van der Waals surface area contributed by atoms with Crippen molar-refractivity contribution in [3.05, 3.63) is 86.2 Å². The van der Waals surface area contributed by atoms with Gasteiger partial charge in [-0.1, -0.05) is 42.5 Å². The average molecular weight is 367 g/mol. The Morgan fingerprint density at radius 2 is 1.85 bits per heavy atom. The molecular formula is C20H21N3O2S. The molecule has 0 amide bonds. The molecule has 1 aromatic heterocycles. The van der Waals surface area contributed by atoms with Crippen LogP contribution in [0.4, 0.5) is 11.4 Å². The molecule has 0 aliphatic heterocycles. The van der Waals surface area contributed by atoms with Crippen molar-refractivity contribution < 1.29 is 4.92 Å². The highest BCUT2D eigenvalue weighted by molar-refractivity contribution is 7.07. The number of nitrogens with zero attached hydrogens (tertiary/aromatic N) is 3. The van der Waals surface area contributed by atoms with Gasteiger partial charge in [-0.3, -0.25) is 10.1 Å². The Morgan fingerprint density at radius 3 is 2.58 bits per heavy atom. The molecule has 0 fully saturated rings. The second-order valence-electron chi connectivity index (χ2n) is 6.26. The number of thiazole rings is 1. The molecular weight excluding hydrogens is 346 g/mol. The summed E-state index contributed by atoms with van der Waals surface area (Å²) < 4.78 is 2.17. The minimum absolute atomic E-state index is 0.0297. The maximum Gasteiger partial charge on any atom is 0.294 e. The average Bonchev–Trinajstić information content (AvgIpc) is 3.01. The molecule has 0 saturated heterocycles. The van der Waals surface area contributed by atoms with Gasteiger partial charge in [-0.2, -0.15) is 0 Å². The molecule has 1 unspecified atom stereocenters. The van der Waals surface area contributed by atoms with Crippen LogP contribution in [0.25, 0.3) is 0 Å². The van der Waals surface area contributed by atoms with E-state index in [1.54, 1.807) is 18.2 Å². The Labute approximate surface area is 156 Å². The summed E-state index contributed by atoms with van der Waals surface area (Å²) in [6.07, 6.45) is 1.96. The quantitative estimate of drug-likeness (QED) is 0.444. The van der Waals surface area contributed by atoms with Crippen molar-refractivity contribution in [3.8, 4) is 0 Å². The van der Waals surface area contributed by atoms with E-state index in [4.69, 9.17) is 0 Å². The largest absolute Gasteiger partial charge is 0.318 e. The first-order valence-electron chi connectivity index (χ1n) is 8.55. The zero-order chi connectivity index (χ0) is 18.5. The molecule has 0 N–H and O–H groups in total. The lowest BCUT2D eigenvalue weighted by atomic mass is 10.1. The number of nitro benzene ring substituents is 1. The predicted octanol–water partition coefficient (Wildman–Crippen LogP) is 5.19. The van der Waals surface area contributed by atoms with Gasteiger partial charge in [0.25, 0.3) is 5.69 Å². The van der Waals surface area contributed by atoms with E-state index >= 15 is 0 Å². The lowest BCUT2D eigenvalue weighted by Gasteiger charge is -2.16. The van der Waals surface area contributed by atoms with Gasteiger partial charge in [-0.15, -0.1) is 11.3 Å². The third kappa shape index (κ3) is 4.08. The van der Waals surface area contributed by atoms with Gasteiger partial charge in [0.15, 0.2) is 4.80 Å². The van der Waals surface area contributed by atoms with E-state index in [9.17, 15) is 10.1 Å². The summed E-state index contributed by atoms with van der Waals surface area (Å²) in [4.78, 5) is 16.2. The molecule has 5 nitrogen and oxygen atoms in total. The van der Waals surface area contributed by atoms with Crippen LogP contribution in [0.1, 0.15) is 30.6 Å². The second kappa shape index (κ2) is 8.10. The zero-order valence-corrected chi connectivity index (χ0v) is 15.6. The van der Waals surface area contributed by atoms with Crippen LogP contribution in [0.3, 0.4) is 0 Å². The van der Waals surface area contributed by atoms with Gasteiger partial charge >= 0.3 is 0 Å². The topological polar surface area (TPSA) is 60.4 Å². The molecule has 0 spiro atoms. The normalized spacial score (nSPS) is 12.9. The summed E-state index contributed by atoms with van der Waals surface area (Å²) in [7, 11) is 0. The van der Waals surface area contributed by atoms with E-state index in [0.717, 1.165) is 23.3 Å². The highest BCUT2D eigenvalue weighted by Crippen LogP contribution is 2.26. The van der Waals surface area contributed by atoms with Gasteiger partial charge < -0.3 is 4.57 Å². The number of aryl methyl sites for hydroxylation is 2. The van der Waals surface area contributed by atoms with Gasteiger partial charge in [-0.25, -0.2) is 4.99 Å². The lowest BCUT2D eigenvalue weighted by Crippen LogP contribution is -2.20. The summed E-state index contributed by atoms with van der Waals surface area (Å²) in [5.41, 5.74) is 2.85. The molecule has 1 atom stereocenters. The van der Waals surface area contributed by atoms with Gasteiger partial charge in [0.05, 0.1) is 4.92 Å². The minimum Gasteiger partial charge on any atom is -0.318 e. The molecule has 0 radical (unpaired) electrons. The van der Waals surface area contributed by atoms with Crippen LogP contribution in [0.15, 0.2) is 65.0 Å². The van der Waals surface area contributed by atoms with Crippen LogP contribution in [0.2, 0.25) is 0 Å². The first-order chi connectivity index (χ1) is 12.6. The number of rotatable bonds is 6. The number of benzene rings is 2. The highest BCUT2D eigenvalue weighted by Gasteiger charge is 2.14. The van der Waals surface area contributed by atoms with Crippen LogP contribution in [0.5, 0.6) is 0 Å². The standard InChI is InChI=1S/C20H21N3O2S/c1-15(12-13-17-8-4-3-5-9-17)22-16(2)14-26-20(22)21-18-10-6-7-11-19(18)23(24)25/h3-11,14-15H,12-13H2,1-2H3. The lowest BCUT2D eigenvalue weighted by molar-refractivity contribution is -0.384. The number of hydrogen-bond acceptors (Lipinski definition) is 4. The van der Waals surface area contributed by atoms with Crippen LogP contribution < -0.4 is 4.80 Å². The Hall–Kier alpha value is -2.73. The van der Waals surface area contributed by atoms with Gasteiger partial charge in [0.2, 0.25) is 0 Å². The van der Waals surface area contributed by atoms with Crippen molar-refractivity contribution in [3.63, 3.8) is 0 Å². The highest BCUT2D eigenvalue weighted by atomic mass is 32.1. The second-order valence-corrected chi connectivity index (χ2v) is 7.10. The fourth-order valence-corrected chi connectivity index (χ4v) is 3.96. The maximum atomic E-state index is 11.2. The zero-order valence-electron chi connectivity index (χ0n) is 14.8. The summed E-state index contributed by atoms with van der Waals surface area (Å²) >= 11 is 1.52. The molecule has 3 aromatic rings. The molecule has 26 heavy (non-hydrogen) atoms. The van der Waals surface area contributed by atoms with Crippen molar-refractivity contribution in [2.75, 3.05) is 0 Å². The smallest absolute Gasteiger partial charge is 0.294 e. The molecule has 2 aromatic carbocycles. The fraction of sp³-hybridized carbons (Fsp3) is 0.250. The molecule has 1 heterocycles. The molecule has 0 aliphatic rings. The van der Waals surface area contributed by atoms with Gasteiger partial charge in [0, 0.05) is 23.2 Å². The molecule has 3 rings (SSSR count).